The van der Waals surface area contributed by atoms with E-state index in [4.69, 9.17) is 14.2 Å². The van der Waals surface area contributed by atoms with Crippen molar-refractivity contribution in [3.8, 4) is 0 Å². The number of rotatable bonds is 5. The third-order valence-corrected chi connectivity index (χ3v) is 3.18. The highest BCUT2D eigenvalue weighted by Crippen LogP contribution is 2.23. The molecule has 7 heteroatoms. The lowest BCUT2D eigenvalue weighted by atomic mass is 10.1. The molecule has 0 spiro atoms. The fourth-order valence-electron chi connectivity index (χ4n) is 2.04. The number of benzene rings is 1. The molecule has 1 heterocycles. The predicted molar refractivity (Wildman–Crippen MR) is 89.5 cm³/mol. The number of hydrogen-bond acceptors (Lipinski definition) is 7. The summed E-state index contributed by atoms with van der Waals surface area (Å²) in [5.74, 6) is -3.18. The van der Waals surface area contributed by atoms with Crippen LogP contribution in [-0.4, -0.2) is 30.3 Å². The van der Waals surface area contributed by atoms with Crippen molar-refractivity contribution in [1.29, 1.82) is 0 Å². The van der Waals surface area contributed by atoms with Crippen LogP contribution in [0.25, 0.3) is 0 Å². The molecule has 1 aromatic carbocycles. The molecule has 25 heavy (non-hydrogen) atoms. The zero-order valence-electron chi connectivity index (χ0n) is 14.6. The first kappa shape index (κ1) is 18.5. The molecule has 0 atom stereocenters. The summed E-state index contributed by atoms with van der Waals surface area (Å²) in [6.45, 7) is 7.09. The minimum absolute atomic E-state index is 0.210. The lowest BCUT2D eigenvalue weighted by molar-refractivity contribution is -0.222. The number of para-hydroxylation sites is 1. The van der Waals surface area contributed by atoms with Gasteiger partial charge in [-0.3, -0.25) is 0 Å². The Morgan fingerprint density at radius 1 is 1.20 bits per heavy atom. The highest BCUT2D eigenvalue weighted by atomic mass is 16.7. The Hall–Kier alpha value is -2.83. The number of ether oxygens (including phenoxy) is 3. The molecule has 1 aromatic rings. The van der Waals surface area contributed by atoms with Gasteiger partial charge in [-0.1, -0.05) is 26.0 Å². The van der Waals surface area contributed by atoms with Crippen molar-refractivity contribution >= 4 is 23.6 Å². The monoisotopic (exact) mass is 347 g/mol. The number of esters is 3. The first-order valence-electron chi connectivity index (χ1n) is 7.89. The minimum Gasteiger partial charge on any atom is -0.462 e. The lowest BCUT2D eigenvalue weighted by Crippen LogP contribution is -2.42. The Balaban J connectivity index is 2.17. The number of carbonyl (C=O) groups excluding carboxylic acids is 3. The summed E-state index contributed by atoms with van der Waals surface area (Å²) in [6, 6.07) is 6.62. The second kappa shape index (κ2) is 7.38. The van der Waals surface area contributed by atoms with E-state index in [1.165, 1.54) is 13.8 Å². The van der Waals surface area contributed by atoms with Gasteiger partial charge in [-0.15, -0.1) is 0 Å². The van der Waals surface area contributed by atoms with Crippen LogP contribution in [0, 0.1) is 5.92 Å². The molecule has 1 fully saturated rings. The fraction of sp³-hybridized carbons (Fsp3) is 0.389. The van der Waals surface area contributed by atoms with Gasteiger partial charge in [0, 0.05) is 20.0 Å². The summed E-state index contributed by atoms with van der Waals surface area (Å²) < 4.78 is 15.2. The van der Waals surface area contributed by atoms with Crippen LogP contribution >= 0.6 is 0 Å². The largest absolute Gasteiger partial charge is 0.462 e. The highest BCUT2D eigenvalue weighted by molar-refractivity contribution is 6.15. The number of anilines is 1. The van der Waals surface area contributed by atoms with Crippen LogP contribution in [0.2, 0.25) is 0 Å². The van der Waals surface area contributed by atoms with Crippen LogP contribution in [0.15, 0.2) is 36.0 Å². The third-order valence-electron chi connectivity index (χ3n) is 3.18. The minimum atomic E-state index is -1.30. The highest BCUT2D eigenvalue weighted by Gasteiger charge is 2.39. The van der Waals surface area contributed by atoms with Crippen molar-refractivity contribution in [1.82, 2.24) is 0 Å². The summed E-state index contributed by atoms with van der Waals surface area (Å²) in [5, 5.41) is 2.78. The van der Waals surface area contributed by atoms with Gasteiger partial charge in [0.2, 0.25) is 0 Å². The van der Waals surface area contributed by atoms with E-state index >= 15 is 0 Å². The molecular weight excluding hydrogens is 326 g/mol. The lowest BCUT2D eigenvalue weighted by Gasteiger charge is -2.29. The molecule has 1 aliphatic heterocycles. The van der Waals surface area contributed by atoms with Crippen molar-refractivity contribution in [3.63, 3.8) is 0 Å². The standard InChI is InChI=1S/C18H21NO6/c1-11(2)10-23-15(20)12-7-5-6-8-14(12)19-9-13-16(21)24-18(3,4)25-17(13)22/h5-9,11,19H,10H2,1-4H3. The zero-order chi connectivity index (χ0) is 18.6. The summed E-state index contributed by atoms with van der Waals surface area (Å²) in [7, 11) is 0. The molecule has 1 saturated heterocycles. The van der Waals surface area contributed by atoms with Crippen molar-refractivity contribution in [2.45, 2.75) is 33.5 Å². The van der Waals surface area contributed by atoms with Crippen LogP contribution in [0.4, 0.5) is 5.69 Å². The van der Waals surface area contributed by atoms with Crippen LogP contribution in [0.5, 0.6) is 0 Å². The number of nitrogens with one attached hydrogen (secondary N) is 1. The molecule has 134 valence electrons. The van der Waals surface area contributed by atoms with Gasteiger partial charge >= 0.3 is 17.9 Å². The Kier molecular flexibility index (Phi) is 5.46. The van der Waals surface area contributed by atoms with Crippen molar-refractivity contribution < 1.29 is 28.6 Å². The summed E-state index contributed by atoms with van der Waals surface area (Å²) >= 11 is 0. The second-order valence-electron chi connectivity index (χ2n) is 6.42. The van der Waals surface area contributed by atoms with Gasteiger partial charge in [-0.2, -0.15) is 0 Å². The Morgan fingerprint density at radius 3 is 2.40 bits per heavy atom. The quantitative estimate of drug-likeness (QED) is 0.497. The SMILES string of the molecule is CC(C)COC(=O)c1ccccc1NC=C1C(=O)OC(C)(C)OC1=O. The normalized spacial score (nSPS) is 16.1. The van der Waals surface area contributed by atoms with Gasteiger partial charge in [0.15, 0.2) is 5.57 Å². The molecule has 0 bridgehead atoms. The van der Waals surface area contributed by atoms with Crippen molar-refractivity contribution in [2.24, 2.45) is 5.92 Å². The topological polar surface area (TPSA) is 90.9 Å². The first-order chi connectivity index (χ1) is 11.7. The van der Waals surface area contributed by atoms with E-state index in [0.29, 0.717) is 12.3 Å². The van der Waals surface area contributed by atoms with E-state index < -0.39 is 23.7 Å². The molecule has 0 unspecified atom stereocenters. The van der Waals surface area contributed by atoms with Gasteiger partial charge in [0.05, 0.1) is 17.9 Å². The smallest absolute Gasteiger partial charge is 0.350 e. The molecule has 0 aromatic heterocycles. The molecular formula is C18H21NO6. The maximum atomic E-state index is 12.2. The average Bonchev–Trinajstić information content (AvgIpc) is 2.51. The van der Waals surface area contributed by atoms with Crippen LogP contribution in [0.3, 0.4) is 0 Å². The Bertz CT molecular complexity index is 698. The molecule has 0 radical (unpaired) electrons. The fourth-order valence-corrected chi connectivity index (χ4v) is 2.04. The van der Waals surface area contributed by atoms with E-state index in [1.807, 2.05) is 13.8 Å². The maximum absolute atomic E-state index is 12.2. The summed E-state index contributed by atoms with van der Waals surface area (Å²) in [5.41, 5.74) is 0.400. The van der Waals surface area contributed by atoms with Gasteiger partial charge in [-0.05, 0) is 18.1 Å². The van der Waals surface area contributed by atoms with Gasteiger partial charge in [-0.25, -0.2) is 14.4 Å². The summed E-state index contributed by atoms with van der Waals surface area (Å²) in [6.07, 6.45) is 1.16. The van der Waals surface area contributed by atoms with Crippen molar-refractivity contribution in [3.05, 3.63) is 41.6 Å². The number of hydrogen-bond donors (Lipinski definition) is 1. The van der Waals surface area contributed by atoms with E-state index in [0.717, 1.165) is 6.20 Å². The van der Waals surface area contributed by atoms with Crippen molar-refractivity contribution in [2.75, 3.05) is 11.9 Å². The molecule has 1 aliphatic rings. The molecule has 7 nitrogen and oxygen atoms in total. The molecule has 0 amide bonds. The molecule has 1 N–H and O–H groups in total. The second-order valence-corrected chi connectivity index (χ2v) is 6.42. The van der Waals surface area contributed by atoms with Gasteiger partial charge < -0.3 is 19.5 Å². The summed E-state index contributed by atoms with van der Waals surface area (Å²) in [4.78, 5) is 36.0. The Labute approximate surface area is 145 Å². The predicted octanol–water partition coefficient (Wildman–Crippen LogP) is 2.63. The van der Waals surface area contributed by atoms with E-state index in [2.05, 4.69) is 5.32 Å². The van der Waals surface area contributed by atoms with Crippen LogP contribution < -0.4 is 5.32 Å². The van der Waals surface area contributed by atoms with Gasteiger partial charge in [0.1, 0.15) is 0 Å². The number of carbonyl (C=O) groups is 3. The van der Waals surface area contributed by atoms with Gasteiger partial charge in [0.25, 0.3) is 5.79 Å². The van der Waals surface area contributed by atoms with E-state index in [-0.39, 0.29) is 17.1 Å². The molecule has 2 rings (SSSR count). The molecule has 0 aliphatic carbocycles. The zero-order valence-corrected chi connectivity index (χ0v) is 14.6. The first-order valence-corrected chi connectivity index (χ1v) is 7.89. The van der Waals surface area contributed by atoms with Crippen LogP contribution in [-0.2, 0) is 23.8 Å². The third kappa shape index (κ3) is 4.82. The number of cyclic esters (lactones) is 2. The molecule has 0 saturated carbocycles. The maximum Gasteiger partial charge on any atom is 0.350 e. The van der Waals surface area contributed by atoms with Crippen LogP contribution in [0.1, 0.15) is 38.1 Å². The average molecular weight is 347 g/mol. The Morgan fingerprint density at radius 2 is 1.80 bits per heavy atom. The van der Waals surface area contributed by atoms with E-state index in [1.54, 1.807) is 24.3 Å². The van der Waals surface area contributed by atoms with E-state index in [9.17, 15) is 14.4 Å².